The lowest BCUT2D eigenvalue weighted by Gasteiger charge is -2.38. The van der Waals surface area contributed by atoms with E-state index in [2.05, 4.69) is 5.32 Å². The number of halogens is 1. The molecule has 3 rings (SSSR count). The average Bonchev–Trinajstić information content (AvgIpc) is 2.82. The van der Waals surface area contributed by atoms with Crippen molar-refractivity contribution in [2.24, 2.45) is 5.41 Å². The van der Waals surface area contributed by atoms with E-state index in [9.17, 15) is 14.0 Å². The van der Waals surface area contributed by atoms with Gasteiger partial charge >= 0.3 is 0 Å². The first-order valence-corrected chi connectivity index (χ1v) is 10.5. The highest BCUT2D eigenvalue weighted by molar-refractivity contribution is 5.83. The molecule has 1 saturated heterocycles. The van der Waals surface area contributed by atoms with Crippen LogP contribution in [0.4, 0.5) is 4.39 Å². The smallest absolute Gasteiger partial charge is 0.260 e. The maximum atomic E-state index is 13.0. The fourth-order valence-electron chi connectivity index (χ4n) is 3.61. The molecule has 0 aromatic heterocycles. The van der Waals surface area contributed by atoms with Gasteiger partial charge in [0.1, 0.15) is 23.1 Å². The van der Waals surface area contributed by atoms with Crippen molar-refractivity contribution >= 4 is 11.8 Å². The molecule has 172 valence electrons. The third-order valence-electron chi connectivity index (χ3n) is 5.81. The van der Waals surface area contributed by atoms with Crippen molar-refractivity contribution in [3.05, 3.63) is 53.8 Å². The van der Waals surface area contributed by atoms with Crippen LogP contribution < -0.4 is 19.5 Å². The molecule has 7 nitrogen and oxygen atoms in total. The lowest BCUT2D eigenvalue weighted by molar-refractivity contribution is -0.141. The Morgan fingerprint density at radius 1 is 1.00 bits per heavy atom. The Balaban J connectivity index is 1.48. The molecule has 0 bridgehead atoms. The first-order chi connectivity index (χ1) is 15.3. The van der Waals surface area contributed by atoms with Gasteiger partial charge in [0.2, 0.25) is 5.91 Å². The van der Waals surface area contributed by atoms with Crippen LogP contribution in [0.1, 0.15) is 25.3 Å². The number of nitrogens with one attached hydrogen (secondary N) is 1. The van der Waals surface area contributed by atoms with E-state index in [-0.39, 0.29) is 24.2 Å². The summed E-state index contributed by atoms with van der Waals surface area (Å²) in [5, 5.41) is 3.00. The molecule has 1 fully saturated rings. The van der Waals surface area contributed by atoms with E-state index in [1.165, 1.54) is 24.3 Å². The number of rotatable bonds is 8. The Hall–Kier alpha value is -3.29. The third kappa shape index (κ3) is 5.90. The summed E-state index contributed by atoms with van der Waals surface area (Å²) in [5.41, 5.74) is 0.320. The molecule has 8 heteroatoms. The van der Waals surface area contributed by atoms with E-state index < -0.39 is 5.41 Å². The zero-order valence-corrected chi connectivity index (χ0v) is 18.7. The van der Waals surface area contributed by atoms with Gasteiger partial charge in [0, 0.05) is 31.1 Å². The van der Waals surface area contributed by atoms with Gasteiger partial charge in [-0.2, -0.15) is 0 Å². The van der Waals surface area contributed by atoms with Gasteiger partial charge in [0.25, 0.3) is 5.91 Å². The van der Waals surface area contributed by atoms with Crippen molar-refractivity contribution in [1.29, 1.82) is 0 Å². The number of benzene rings is 2. The molecule has 32 heavy (non-hydrogen) atoms. The number of piperidine rings is 1. The predicted molar refractivity (Wildman–Crippen MR) is 117 cm³/mol. The second-order valence-electron chi connectivity index (χ2n) is 8.09. The topological polar surface area (TPSA) is 77.1 Å². The van der Waals surface area contributed by atoms with Crippen LogP contribution in [0.3, 0.4) is 0 Å². The standard InChI is InChI=1S/C24H29FN2O5/c1-24(23(29)26-15-17-12-20(30-2)14-21(13-17)31-3)8-10-27(11-9-24)22(28)16-32-19-6-4-18(25)5-7-19/h4-7,12-14H,8-11,15-16H2,1-3H3,(H,26,29). The summed E-state index contributed by atoms with van der Waals surface area (Å²) in [5.74, 6) is 1.20. The summed E-state index contributed by atoms with van der Waals surface area (Å²) in [6.45, 7) is 3.11. The fraction of sp³-hybridized carbons (Fsp3) is 0.417. The second kappa shape index (κ2) is 10.3. The minimum absolute atomic E-state index is 0.0473. The number of likely N-dealkylation sites (tertiary alicyclic amines) is 1. The number of nitrogens with zero attached hydrogens (tertiary/aromatic N) is 1. The van der Waals surface area contributed by atoms with Crippen LogP contribution in [0.5, 0.6) is 17.2 Å². The van der Waals surface area contributed by atoms with E-state index in [0.29, 0.717) is 49.7 Å². The van der Waals surface area contributed by atoms with Crippen molar-refractivity contribution in [3.8, 4) is 17.2 Å². The molecule has 0 radical (unpaired) electrons. The van der Waals surface area contributed by atoms with Gasteiger partial charge < -0.3 is 24.4 Å². The summed E-state index contributed by atoms with van der Waals surface area (Å²) in [7, 11) is 3.16. The summed E-state index contributed by atoms with van der Waals surface area (Å²) in [6, 6.07) is 11.0. The van der Waals surface area contributed by atoms with E-state index in [1.807, 2.05) is 19.1 Å². The minimum atomic E-state index is -0.558. The van der Waals surface area contributed by atoms with Gasteiger partial charge in [-0.3, -0.25) is 9.59 Å². The zero-order chi connectivity index (χ0) is 23.1. The highest BCUT2D eigenvalue weighted by atomic mass is 19.1. The van der Waals surface area contributed by atoms with E-state index >= 15 is 0 Å². The van der Waals surface area contributed by atoms with Crippen LogP contribution in [0.2, 0.25) is 0 Å². The Bertz CT molecular complexity index is 918. The minimum Gasteiger partial charge on any atom is -0.497 e. The van der Waals surface area contributed by atoms with Gasteiger partial charge in [-0.25, -0.2) is 4.39 Å². The number of methoxy groups -OCH3 is 2. The van der Waals surface area contributed by atoms with Crippen LogP contribution in [0, 0.1) is 11.2 Å². The number of carbonyl (C=O) groups is 2. The SMILES string of the molecule is COc1cc(CNC(=O)C2(C)CCN(C(=O)COc3ccc(F)cc3)CC2)cc(OC)c1. The van der Waals surface area contributed by atoms with Crippen LogP contribution in [-0.2, 0) is 16.1 Å². The van der Waals surface area contributed by atoms with Crippen molar-refractivity contribution in [2.75, 3.05) is 33.9 Å². The maximum Gasteiger partial charge on any atom is 0.260 e. The van der Waals surface area contributed by atoms with Crippen LogP contribution >= 0.6 is 0 Å². The molecule has 1 aliphatic rings. The van der Waals surface area contributed by atoms with Crippen molar-refractivity contribution in [3.63, 3.8) is 0 Å². The molecule has 1 heterocycles. The first kappa shape index (κ1) is 23.4. The Labute approximate surface area is 187 Å². The van der Waals surface area contributed by atoms with Gasteiger partial charge in [-0.1, -0.05) is 6.92 Å². The average molecular weight is 445 g/mol. The molecule has 2 aromatic carbocycles. The summed E-state index contributed by atoms with van der Waals surface area (Å²) in [6.07, 6.45) is 1.12. The molecule has 0 aliphatic carbocycles. The van der Waals surface area contributed by atoms with Crippen molar-refractivity contribution < 1.29 is 28.2 Å². The van der Waals surface area contributed by atoms with Crippen molar-refractivity contribution in [2.45, 2.75) is 26.3 Å². The second-order valence-corrected chi connectivity index (χ2v) is 8.09. The number of carbonyl (C=O) groups excluding carboxylic acids is 2. The first-order valence-electron chi connectivity index (χ1n) is 10.5. The number of hydrogen-bond donors (Lipinski definition) is 1. The van der Waals surface area contributed by atoms with Crippen molar-refractivity contribution in [1.82, 2.24) is 10.2 Å². The van der Waals surface area contributed by atoms with E-state index in [1.54, 1.807) is 25.2 Å². The highest BCUT2D eigenvalue weighted by Gasteiger charge is 2.38. The molecular weight excluding hydrogens is 415 g/mol. The molecule has 0 atom stereocenters. The molecule has 0 unspecified atom stereocenters. The van der Waals surface area contributed by atoms with E-state index in [4.69, 9.17) is 14.2 Å². The Kier molecular flexibility index (Phi) is 7.56. The molecule has 2 amide bonds. The van der Waals surface area contributed by atoms with Gasteiger partial charge in [-0.15, -0.1) is 0 Å². The van der Waals surface area contributed by atoms with Gasteiger partial charge in [0.15, 0.2) is 6.61 Å². The largest absolute Gasteiger partial charge is 0.497 e. The molecule has 0 spiro atoms. The number of hydrogen-bond acceptors (Lipinski definition) is 5. The molecule has 0 saturated carbocycles. The maximum absolute atomic E-state index is 13.0. The fourth-order valence-corrected chi connectivity index (χ4v) is 3.61. The summed E-state index contributed by atoms with van der Waals surface area (Å²) < 4.78 is 28.9. The lowest BCUT2D eigenvalue weighted by atomic mass is 9.79. The number of amides is 2. The van der Waals surface area contributed by atoms with Gasteiger partial charge in [0.05, 0.1) is 14.2 Å². The lowest BCUT2D eigenvalue weighted by Crippen LogP contribution is -2.49. The highest BCUT2D eigenvalue weighted by Crippen LogP contribution is 2.31. The quantitative estimate of drug-likeness (QED) is 0.677. The van der Waals surface area contributed by atoms with Crippen LogP contribution in [0.25, 0.3) is 0 Å². The normalized spacial score (nSPS) is 15.1. The molecule has 1 N–H and O–H groups in total. The predicted octanol–water partition coefficient (Wildman–Crippen LogP) is 3.17. The monoisotopic (exact) mass is 444 g/mol. The Morgan fingerprint density at radius 3 is 2.16 bits per heavy atom. The number of ether oxygens (including phenoxy) is 3. The third-order valence-corrected chi connectivity index (χ3v) is 5.81. The van der Waals surface area contributed by atoms with E-state index in [0.717, 1.165) is 5.56 Å². The van der Waals surface area contributed by atoms with Gasteiger partial charge in [-0.05, 0) is 54.8 Å². The molecular formula is C24H29FN2O5. The summed E-state index contributed by atoms with van der Waals surface area (Å²) in [4.78, 5) is 27.0. The van der Waals surface area contributed by atoms with Crippen LogP contribution in [0.15, 0.2) is 42.5 Å². The molecule has 2 aromatic rings. The Morgan fingerprint density at radius 2 is 1.59 bits per heavy atom. The summed E-state index contributed by atoms with van der Waals surface area (Å²) >= 11 is 0. The molecule has 1 aliphatic heterocycles. The zero-order valence-electron chi connectivity index (χ0n) is 18.7. The van der Waals surface area contributed by atoms with Crippen LogP contribution in [-0.4, -0.2) is 50.6 Å².